The van der Waals surface area contributed by atoms with Crippen molar-refractivity contribution in [2.75, 3.05) is 53.6 Å². The summed E-state index contributed by atoms with van der Waals surface area (Å²) in [4.78, 5) is 7.06. The van der Waals surface area contributed by atoms with Gasteiger partial charge in [0.15, 0.2) is 17.5 Å². The van der Waals surface area contributed by atoms with E-state index >= 15 is 0 Å². The third kappa shape index (κ3) is 6.58. The lowest BCUT2D eigenvalue weighted by atomic mass is 10.0. The number of aliphatic imine (C=N–C) groups is 1. The zero-order valence-electron chi connectivity index (χ0n) is 19.1. The first kappa shape index (κ1) is 23.8. The fourth-order valence-corrected chi connectivity index (χ4v) is 3.69. The molecule has 7 nitrogen and oxygen atoms in total. The summed E-state index contributed by atoms with van der Waals surface area (Å²) in [5, 5.41) is 6.73. The van der Waals surface area contributed by atoms with E-state index in [0.717, 1.165) is 44.2 Å². The van der Waals surface area contributed by atoms with Gasteiger partial charge in [0.2, 0.25) is 0 Å². The van der Waals surface area contributed by atoms with Gasteiger partial charge in [-0.1, -0.05) is 18.2 Å². The van der Waals surface area contributed by atoms with Crippen molar-refractivity contribution in [2.24, 2.45) is 4.99 Å². The molecule has 1 aliphatic heterocycles. The van der Waals surface area contributed by atoms with Crippen LogP contribution >= 0.6 is 0 Å². The molecule has 0 aromatic heterocycles. The van der Waals surface area contributed by atoms with Gasteiger partial charge in [-0.3, -0.25) is 4.90 Å². The Balaban J connectivity index is 1.71. The largest absolute Gasteiger partial charge is 0.497 e. The molecule has 2 aromatic rings. The van der Waals surface area contributed by atoms with Gasteiger partial charge in [-0.05, 0) is 42.3 Å². The maximum Gasteiger partial charge on any atom is 0.191 e. The molecule has 0 bridgehead atoms. The first-order valence-electron chi connectivity index (χ1n) is 10.9. The molecule has 1 atom stereocenters. The summed E-state index contributed by atoms with van der Waals surface area (Å²) < 4.78 is 29.8. The molecule has 174 valence electrons. The van der Waals surface area contributed by atoms with Crippen LogP contribution in [0.2, 0.25) is 0 Å². The Bertz CT molecular complexity index is 870. The van der Waals surface area contributed by atoms with Crippen molar-refractivity contribution in [3.05, 3.63) is 59.4 Å². The molecule has 1 fully saturated rings. The summed E-state index contributed by atoms with van der Waals surface area (Å²) in [5.41, 5.74) is 1.98. The molecule has 0 saturated carbocycles. The summed E-state index contributed by atoms with van der Waals surface area (Å²) in [6.07, 6.45) is 0. The number of nitrogens with one attached hydrogen (secondary N) is 2. The maximum absolute atomic E-state index is 14.0. The second kappa shape index (κ2) is 12.3. The van der Waals surface area contributed by atoms with Crippen molar-refractivity contribution in [3.63, 3.8) is 0 Å². The molecule has 32 heavy (non-hydrogen) atoms. The SMILES string of the molecule is CCNC(=NCc1ccc(OC)c(F)c1)NCC(c1ccc(OC)cc1)N1CCOCC1. The lowest BCUT2D eigenvalue weighted by molar-refractivity contribution is 0.0170. The van der Waals surface area contributed by atoms with E-state index in [1.165, 1.54) is 18.7 Å². The van der Waals surface area contributed by atoms with Crippen LogP contribution < -0.4 is 20.1 Å². The predicted molar refractivity (Wildman–Crippen MR) is 124 cm³/mol. The van der Waals surface area contributed by atoms with Gasteiger partial charge in [0.05, 0.1) is 40.0 Å². The number of halogens is 1. The van der Waals surface area contributed by atoms with Gasteiger partial charge in [0.25, 0.3) is 0 Å². The number of ether oxygens (including phenoxy) is 3. The van der Waals surface area contributed by atoms with E-state index in [4.69, 9.17) is 14.2 Å². The summed E-state index contributed by atoms with van der Waals surface area (Å²) in [6.45, 7) is 6.99. The molecule has 0 aliphatic carbocycles. The van der Waals surface area contributed by atoms with Gasteiger partial charge >= 0.3 is 0 Å². The molecular formula is C24H33FN4O3. The smallest absolute Gasteiger partial charge is 0.191 e. The monoisotopic (exact) mass is 444 g/mol. The topological polar surface area (TPSA) is 67.4 Å². The molecule has 2 aromatic carbocycles. The molecule has 1 aliphatic rings. The molecule has 2 N–H and O–H groups in total. The Kier molecular flexibility index (Phi) is 9.13. The number of nitrogens with zero attached hydrogens (tertiary/aromatic N) is 2. The van der Waals surface area contributed by atoms with Crippen molar-refractivity contribution in [1.82, 2.24) is 15.5 Å². The van der Waals surface area contributed by atoms with Crippen LogP contribution in [0.1, 0.15) is 24.1 Å². The highest BCUT2D eigenvalue weighted by atomic mass is 19.1. The quantitative estimate of drug-likeness (QED) is 0.458. The standard InChI is InChI=1S/C24H33FN4O3/c1-4-26-24(27-16-18-5-10-23(31-3)21(25)15-18)28-17-22(29-11-13-32-14-12-29)19-6-8-20(30-2)9-7-19/h5-10,15,22H,4,11-14,16-17H2,1-3H3,(H2,26,27,28). The molecular weight excluding hydrogens is 411 g/mol. The summed E-state index contributed by atoms with van der Waals surface area (Å²) in [5.74, 6) is 1.38. The zero-order valence-corrected chi connectivity index (χ0v) is 19.1. The maximum atomic E-state index is 14.0. The minimum atomic E-state index is -0.384. The highest BCUT2D eigenvalue weighted by Gasteiger charge is 2.23. The number of guanidine groups is 1. The highest BCUT2D eigenvalue weighted by Crippen LogP contribution is 2.24. The van der Waals surface area contributed by atoms with E-state index in [2.05, 4.69) is 32.7 Å². The minimum absolute atomic E-state index is 0.159. The average Bonchev–Trinajstić information content (AvgIpc) is 2.83. The Hall–Kier alpha value is -2.84. The van der Waals surface area contributed by atoms with Crippen LogP contribution in [-0.4, -0.2) is 64.5 Å². The molecule has 3 rings (SSSR count). The van der Waals surface area contributed by atoms with E-state index < -0.39 is 0 Å². The van der Waals surface area contributed by atoms with Gasteiger partial charge < -0.3 is 24.8 Å². The van der Waals surface area contributed by atoms with E-state index in [-0.39, 0.29) is 17.6 Å². The van der Waals surface area contributed by atoms with E-state index in [0.29, 0.717) is 19.0 Å². The Morgan fingerprint density at radius 3 is 2.47 bits per heavy atom. The Morgan fingerprint density at radius 2 is 1.84 bits per heavy atom. The second-order valence-corrected chi connectivity index (χ2v) is 7.48. The molecule has 0 amide bonds. The normalized spacial score (nSPS) is 15.8. The highest BCUT2D eigenvalue weighted by molar-refractivity contribution is 5.79. The van der Waals surface area contributed by atoms with Crippen LogP contribution in [0.15, 0.2) is 47.5 Å². The number of benzene rings is 2. The third-order valence-electron chi connectivity index (χ3n) is 5.43. The number of hydrogen-bond donors (Lipinski definition) is 2. The lowest BCUT2D eigenvalue weighted by Crippen LogP contribution is -2.46. The first-order chi connectivity index (χ1) is 15.6. The minimum Gasteiger partial charge on any atom is -0.497 e. The lowest BCUT2D eigenvalue weighted by Gasteiger charge is -2.35. The number of morpholine rings is 1. The summed E-state index contributed by atoms with van der Waals surface area (Å²) in [6, 6.07) is 13.2. The Morgan fingerprint density at radius 1 is 1.09 bits per heavy atom. The van der Waals surface area contributed by atoms with Gasteiger partial charge in [0.1, 0.15) is 5.75 Å². The number of methoxy groups -OCH3 is 2. The van der Waals surface area contributed by atoms with Crippen molar-refractivity contribution in [2.45, 2.75) is 19.5 Å². The zero-order chi connectivity index (χ0) is 22.8. The Labute approximate surface area is 189 Å². The second-order valence-electron chi connectivity index (χ2n) is 7.48. The fraction of sp³-hybridized carbons (Fsp3) is 0.458. The van der Waals surface area contributed by atoms with E-state index in [1.807, 2.05) is 25.1 Å². The van der Waals surface area contributed by atoms with Gasteiger partial charge in [-0.15, -0.1) is 0 Å². The first-order valence-corrected chi connectivity index (χ1v) is 10.9. The van der Waals surface area contributed by atoms with Crippen LogP contribution in [0.5, 0.6) is 11.5 Å². The van der Waals surface area contributed by atoms with Gasteiger partial charge in [0, 0.05) is 26.2 Å². The predicted octanol–water partition coefficient (Wildman–Crippen LogP) is 2.97. The van der Waals surface area contributed by atoms with Crippen molar-refractivity contribution in [1.29, 1.82) is 0 Å². The fourth-order valence-electron chi connectivity index (χ4n) is 3.69. The van der Waals surface area contributed by atoms with Crippen molar-refractivity contribution >= 4 is 5.96 Å². The van der Waals surface area contributed by atoms with Gasteiger partial charge in [-0.2, -0.15) is 0 Å². The van der Waals surface area contributed by atoms with E-state index in [1.54, 1.807) is 13.2 Å². The van der Waals surface area contributed by atoms with Crippen LogP contribution in [0.4, 0.5) is 4.39 Å². The van der Waals surface area contributed by atoms with Crippen LogP contribution in [0, 0.1) is 5.82 Å². The van der Waals surface area contributed by atoms with Crippen molar-refractivity contribution < 1.29 is 18.6 Å². The van der Waals surface area contributed by atoms with Crippen molar-refractivity contribution in [3.8, 4) is 11.5 Å². The summed E-state index contributed by atoms with van der Waals surface area (Å²) >= 11 is 0. The molecule has 8 heteroatoms. The summed E-state index contributed by atoms with van der Waals surface area (Å²) in [7, 11) is 3.13. The molecule has 1 unspecified atom stereocenters. The molecule has 1 heterocycles. The molecule has 0 radical (unpaired) electrons. The molecule has 1 saturated heterocycles. The van der Waals surface area contributed by atoms with E-state index in [9.17, 15) is 4.39 Å². The van der Waals surface area contributed by atoms with Crippen LogP contribution in [0.3, 0.4) is 0 Å². The van der Waals surface area contributed by atoms with Crippen LogP contribution in [0.25, 0.3) is 0 Å². The van der Waals surface area contributed by atoms with Crippen LogP contribution in [-0.2, 0) is 11.3 Å². The third-order valence-corrected chi connectivity index (χ3v) is 5.43. The number of rotatable bonds is 9. The molecule has 0 spiro atoms. The number of hydrogen-bond acceptors (Lipinski definition) is 5. The average molecular weight is 445 g/mol. The van der Waals surface area contributed by atoms with Gasteiger partial charge in [-0.25, -0.2) is 9.38 Å².